The number of amides is 4. The van der Waals surface area contributed by atoms with Crippen molar-refractivity contribution in [3.05, 3.63) is 123 Å². The SMILES string of the molecule is COc1cc(C=CC2C3=CCC4C(=O)N(c5ccc(N6CCOCC6)cc5)C(=O)C4C3CC3C(=O)N(Nc4ncc(C(F)(F)F)cc4Cl)C(=O)C23c2ccc(Cl)cc2)ccc1O. The molecule has 2 aliphatic carbocycles. The van der Waals surface area contributed by atoms with E-state index in [1.165, 1.54) is 18.1 Å². The number of carbonyl (C=O) groups excluding carboxylic acids is 4. The van der Waals surface area contributed by atoms with E-state index in [-0.39, 0.29) is 36.1 Å². The number of nitrogens with one attached hydrogen (secondary N) is 1. The summed E-state index contributed by atoms with van der Waals surface area (Å²) in [4.78, 5) is 66.6. The Morgan fingerprint density at radius 2 is 1.63 bits per heavy atom. The number of rotatable bonds is 8. The minimum absolute atomic E-state index is 0.0350. The topological polar surface area (TPSA) is 142 Å². The summed E-state index contributed by atoms with van der Waals surface area (Å²) in [6.45, 7) is 2.59. The van der Waals surface area contributed by atoms with Crippen molar-refractivity contribution < 1.29 is 46.9 Å². The summed E-state index contributed by atoms with van der Waals surface area (Å²) < 4.78 is 51.5. The molecule has 5 aliphatic rings. The fourth-order valence-corrected chi connectivity index (χ4v) is 10.3. The number of phenols is 1. The van der Waals surface area contributed by atoms with E-state index in [4.69, 9.17) is 32.7 Å². The summed E-state index contributed by atoms with van der Waals surface area (Å²) in [7, 11) is 1.40. The number of hydrogen-bond donors (Lipinski definition) is 2. The van der Waals surface area contributed by atoms with Crippen molar-refractivity contribution in [1.29, 1.82) is 0 Å². The zero-order chi connectivity index (χ0) is 43.7. The maximum Gasteiger partial charge on any atom is 0.417 e. The van der Waals surface area contributed by atoms with Gasteiger partial charge in [0, 0.05) is 35.9 Å². The molecule has 4 aromatic rings. The van der Waals surface area contributed by atoms with Gasteiger partial charge in [0.25, 0.3) is 11.8 Å². The summed E-state index contributed by atoms with van der Waals surface area (Å²) >= 11 is 12.7. The van der Waals surface area contributed by atoms with Crippen LogP contribution in [0.2, 0.25) is 10.0 Å². The van der Waals surface area contributed by atoms with Crippen LogP contribution in [0, 0.1) is 29.6 Å². The van der Waals surface area contributed by atoms with Gasteiger partial charge in [-0.3, -0.25) is 29.5 Å². The van der Waals surface area contributed by atoms with Crippen LogP contribution in [-0.4, -0.2) is 72.1 Å². The van der Waals surface area contributed by atoms with Crippen LogP contribution < -0.4 is 20.0 Å². The Hall–Kier alpha value is -5.90. The Labute approximate surface area is 363 Å². The van der Waals surface area contributed by atoms with Crippen molar-refractivity contribution in [3.8, 4) is 11.5 Å². The number of allylic oxidation sites excluding steroid dienone is 3. The Bertz CT molecular complexity index is 2550. The van der Waals surface area contributed by atoms with Gasteiger partial charge in [0.2, 0.25) is 11.8 Å². The van der Waals surface area contributed by atoms with Crippen LogP contribution in [0.25, 0.3) is 6.08 Å². The van der Waals surface area contributed by atoms with Gasteiger partial charge in [-0.05, 0) is 84.5 Å². The number of hydrazine groups is 1. The first kappa shape index (κ1) is 41.5. The number of benzene rings is 3. The highest BCUT2D eigenvalue weighted by atomic mass is 35.5. The number of methoxy groups -OCH3 is 1. The molecular formula is C45H38Cl2F3N5O7. The molecule has 12 nitrogen and oxygen atoms in total. The fraction of sp³-hybridized carbons (Fsp3) is 0.311. The van der Waals surface area contributed by atoms with E-state index >= 15 is 4.79 Å². The lowest BCUT2D eigenvalue weighted by atomic mass is 9.50. The summed E-state index contributed by atoms with van der Waals surface area (Å²) in [6, 6.07) is 19.1. The molecule has 3 saturated heterocycles. The molecule has 0 spiro atoms. The molecule has 1 saturated carbocycles. The van der Waals surface area contributed by atoms with Crippen LogP contribution in [0.4, 0.5) is 30.4 Å². The summed E-state index contributed by atoms with van der Waals surface area (Å²) in [5.41, 5.74) is 2.80. The zero-order valence-corrected chi connectivity index (χ0v) is 34.5. The van der Waals surface area contributed by atoms with Crippen LogP contribution in [0.5, 0.6) is 11.5 Å². The van der Waals surface area contributed by atoms with Crippen LogP contribution in [-0.2, 0) is 35.5 Å². The van der Waals surface area contributed by atoms with Crippen LogP contribution in [0.1, 0.15) is 29.5 Å². The van der Waals surface area contributed by atoms with Crippen molar-refractivity contribution in [3.63, 3.8) is 0 Å². The van der Waals surface area contributed by atoms with Crippen LogP contribution >= 0.6 is 23.2 Å². The summed E-state index contributed by atoms with van der Waals surface area (Å²) in [5.74, 6) is -6.98. The van der Waals surface area contributed by atoms with Gasteiger partial charge in [0.15, 0.2) is 17.3 Å². The number of anilines is 3. The molecule has 6 unspecified atom stereocenters. The average molecular weight is 889 g/mol. The third kappa shape index (κ3) is 6.77. The molecule has 2 N–H and O–H groups in total. The molecule has 6 atom stereocenters. The van der Waals surface area contributed by atoms with Crippen molar-refractivity contribution in [1.82, 2.24) is 9.99 Å². The smallest absolute Gasteiger partial charge is 0.417 e. The normalized spacial score (nSPS) is 26.1. The molecular weight excluding hydrogens is 850 g/mol. The lowest BCUT2D eigenvalue weighted by Gasteiger charge is -2.49. The van der Waals surface area contributed by atoms with Gasteiger partial charge < -0.3 is 19.5 Å². The number of pyridine rings is 1. The molecule has 62 heavy (non-hydrogen) atoms. The lowest BCUT2D eigenvalue weighted by Crippen LogP contribution is -2.54. The third-order valence-electron chi connectivity index (χ3n) is 12.8. The van der Waals surface area contributed by atoms with Crippen molar-refractivity contribution in [2.45, 2.75) is 24.4 Å². The predicted molar refractivity (Wildman–Crippen MR) is 223 cm³/mol. The van der Waals surface area contributed by atoms with Gasteiger partial charge in [-0.2, -0.15) is 18.2 Å². The highest BCUT2D eigenvalue weighted by molar-refractivity contribution is 6.33. The highest BCUT2D eigenvalue weighted by Crippen LogP contribution is 2.62. The lowest BCUT2D eigenvalue weighted by molar-refractivity contribution is -0.139. The van der Waals surface area contributed by atoms with E-state index in [0.717, 1.165) is 10.7 Å². The number of aromatic nitrogens is 1. The molecule has 4 heterocycles. The number of phenolic OH excluding ortho intramolecular Hbond substituents is 1. The minimum atomic E-state index is -4.76. The number of imide groups is 2. The highest BCUT2D eigenvalue weighted by Gasteiger charge is 2.69. The van der Waals surface area contributed by atoms with Crippen LogP contribution in [0.3, 0.4) is 0 Å². The molecule has 3 aliphatic heterocycles. The molecule has 4 fully saturated rings. The number of alkyl halides is 3. The number of carbonyl (C=O) groups is 4. The Kier molecular flexibility index (Phi) is 10.5. The maximum absolute atomic E-state index is 15.4. The minimum Gasteiger partial charge on any atom is -0.504 e. The number of hydrogen-bond acceptors (Lipinski definition) is 10. The Morgan fingerprint density at radius 3 is 2.31 bits per heavy atom. The van der Waals surface area contributed by atoms with Gasteiger partial charge in [-0.1, -0.05) is 65.2 Å². The van der Waals surface area contributed by atoms with E-state index in [2.05, 4.69) is 15.3 Å². The molecule has 4 amide bonds. The number of halogens is 5. The monoisotopic (exact) mass is 887 g/mol. The van der Waals surface area contributed by atoms with E-state index in [1.54, 1.807) is 60.7 Å². The number of fused-ring (bicyclic) bond motifs is 4. The molecule has 3 aromatic carbocycles. The van der Waals surface area contributed by atoms with Crippen molar-refractivity contribution in [2.24, 2.45) is 29.6 Å². The quantitative estimate of drug-likeness (QED) is 0.134. The average Bonchev–Trinajstić information content (AvgIpc) is 3.65. The van der Waals surface area contributed by atoms with E-state index < -0.39 is 69.5 Å². The van der Waals surface area contributed by atoms with E-state index in [0.29, 0.717) is 66.0 Å². The largest absolute Gasteiger partial charge is 0.504 e. The molecule has 9 rings (SSSR count). The molecule has 1 aromatic heterocycles. The molecule has 0 bridgehead atoms. The van der Waals surface area contributed by atoms with Gasteiger partial charge in [-0.25, -0.2) is 4.98 Å². The first-order chi connectivity index (χ1) is 29.7. The number of ether oxygens (including phenoxy) is 2. The Morgan fingerprint density at radius 1 is 0.919 bits per heavy atom. The zero-order valence-electron chi connectivity index (χ0n) is 32.9. The standard InChI is InChI=1S/C45H38Cl2F3N5O7/c1-61-37-20-24(3-15-36(37)56)2-14-33-30-12-13-31-38(42(59)54(40(31)57)29-10-8-28(9-11-29)53-16-18-62-19-17-53)32(30)22-34-41(58)55(43(60)44(33,34)25-4-6-27(46)7-5-25)52-39-35(47)21-26(23-51-39)45(48,49)50/h2-12,14-15,20-21,23,31-34,38,56H,13,16-19,22H2,1H3,(H,51,52). The Balaban J connectivity index is 1.15. The summed E-state index contributed by atoms with van der Waals surface area (Å²) in [5, 5.41) is 11.0. The van der Waals surface area contributed by atoms with Crippen LogP contribution in [0.15, 0.2) is 96.7 Å². The second kappa shape index (κ2) is 15.8. The predicted octanol–water partition coefficient (Wildman–Crippen LogP) is 7.69. The van der Waals surface area contributed by atoms with E-state index in [1.807, 2.05) is 18.2 Å². The van der Waals surface area contributed by atoms with Gasteiger partial charge >= 0.3 is 6.18 Å². The number of aromatic hydroxyl groups is 1. The molecule has 320 valence electrons. The van der Waals surface area contributed by atoms with E-state index in [9.17, 15) is 32.7 Å². The van der Waals surface area contributed by atoms with Gasteiger partial charge in [0.05, 0.1) is 59.8 Å². The number of nitrogens with zero attached hydrogens (tertiary/aromatic N) is 4. The van der Waals surface area contributed by atoms with Crippen molar-refractivity contribution in [2.75, 3.05) is 48.6 Å². The molecule has 0 radical (unpaired) electrons. The number of morpholine rings is 1. The maximum atomic E-state index is 15.4. The second-order valence-electron chi connectivity index (χ2n) is 15.9. The third-order valence-corrected chi connectivity index (χ3v) is 13.3. The molecule has 17 heteroatoms. The summed E-state index contributed by atoms with van der Waals surface area (Å²) in [6.07, 6.45) is 1.32. The van der Waals surface area contributed by atoms with Gasteiger partial charge in [-0.15, -0.1) is 0 Å². The van der Waals surface area contributed by atoms with Gasteiger partial charge in [0.1, 0.15) is 0 Å². The first-order valence-electron chi connectivity index (χ1n) is 19.9. The first-order valence-corrected chi connectivity index (χ1v) is 20.7. The van der Waals surface area contributed by atoms with Crippen molar-refractivity contribution >= 4 is 70.1 Å². The second-order valence-corrected chi connectivity index (χ2v) is 16.7. The fourth-order valence-electron chi connectivity index (χ4n) is 9.92.